The zero-order chi connectivity index (χ0) is 25.1. The van der Waals surface area contributed by atoms with E-state index in [1.54, 1.807) is 20.8 Å². The summed E-state index contributed by atoms with van der Waals surface area (Å²) in [7, 11) is 2.08. The van der Waals surface area contributed by atoms with E-state index >= 15 is 0 Å². The fourth-order valence-electron chi connectivity index (χ4n) is 5.08. The predicted molar refractivity (Wildman–Crippen MR) is 134 cm³/mol. The van der Waals surface area contributed by atoms with E-state index in [0.717, 1.165) is 18.5 Å². The third-order valence-corrected chi connectivity index (χ3v) is 7.31. The lowest BCUT2D eigenvalue weighted by atomic mass is 10.0. The van der Waals surface area contributed by atoms with E-state index in [-0.39, 0.29) is 12.5 Å². The molecule has 2 saturated heterocycles. The molecule has 2 aromatic rings. The summed E-state index contributed by atoms with van der Waals surface area (Å²) in [6.45, 7) is 2.66. The number of anilines is 1. The predicted octanol–water partition coefficient (Wildman–Crippen LogP) is 1.62. The Morgan fingerprint density at radius 1 is 0.750 bits per heavy atom. The van der Waals surface area contributed by atoms with Crippen LogP contribution in [0.2, 0.25) is 0 Å². The number of fused-ring (bicyclic) bond motifs is 1. The Hall–Kier alpha value is -3.75. The van der Waals surface area contributed by atoms with Crippen LogP contribution in [-0.2, 0) is 14.4 Å². The number of amides is 3. The van der Waals surface area contributed by atoms with Crippen molar-refractivity contribution in [3.63, 3.8) is 0 Å². The van der Waals surface area contributed by atoms with Crippen molar-refractivity contribution in [2.24, 2.45) is 0 Å². The highest BCUT2D eigenvalue weighted by atomic mass is 16.6. The van der Waals surface area contributed by atoms with E-state index in [4.69, 9.17) is 9.47 Å². The molecule has 3 aliphatic rings. The monoisotopic (exact) mass is 492 g/mol. The second-order valence-corrected chi connectivity index (χ2v) is 9.45. The van der Waals surface area contributed by atoms with Crippen LogP contribution in [0, 0.1) is 0 Å². The van der Waals surface area contributed by atoms with Crippen molar-refractivity contribution in [2.75, 3.05) is 57.8 Å². The van der Waals surface area contributed by atoms with Gasteiger partial charge in [0.25, 0.3) is 5.91 Å². The van der Waals surface area contributed by atoms with Gasteiger partial charge in [-0.05, 0) is 37.1 Å². The zero-order valence-corrected chi connectivity index (χ0v) is 20.5. The van der Waals surface area contributed by atoms with Gasteiger partial charge in [0.2, 0.25) is 6.10 Å². The number of rotatable bonds is 3. The summed E-state index contributed by atoms with van der Waals surface area (Å²) in [6.07, 6.45) is 0.928. The van der Waals surface area contributed by atoms with Gasteiger partial charge < -0.3 is 29.1 Å². The van der Waals surface area contributed by atoms with Crippen LogP contribution >= 0.6 is 0 Å². The number of carbonyl (C=O) groups excluding carboxylic acids is 3. The van der Waals surface area contributed by atoms with Gasteiger partial charge in [-0.25, -0.2) is 0 Å². The van der Waals surface area contributed by atoms with E-state index in [1.165, 1.54) is 0 Å². The van der Waals surface area contributed by atoms with Gasteiger partial charge >= 0.3 is 11.8 Å². The summed E-state index contributed by atoms with van der Waals surface area (Å²) in [4.78, 5) is 46.0. The number of ether oxygens (including phenoxy) is 2. The summed E-state index contributed by atoms with van der Waals surface area (Å²) in [5.41, 5.74) is 1.15. The molecule has 0 N–H and O–H groups in total. The standard InChI is InChI=1S/C27H32N4O5/c1-28(20-7-3-2-4-8-20)21-11-13-29(14-12-21)26(33)27(34)31-17-15-30(16-18-31)25(32)24-19-35-22-9-5-6-10-23(22)36-24/h2-10,21,24H,11-19H2,1H3. The Morgan fingerprint density at radius 3 is 1.97 bits per heavy atom. The number of para-hydroxylation sites is 3. The third kappa shape index (κ3) is 4.96. The summed E-state index contributed by atoms with van der Waals surface area (Å²) in [5.74, 6) is 0.0957. The SMILES string of the molecule is CN(c1ccccc1)C1CCN(C(=O)C(=O)N2CCN(C(=O)C3COc4ccccc4O3)CC2)CC1. The molecule has 1 unspecified atom stereocenters. The van der Waals surface area contributed by atoms with Gasteiger partial charge in [0.1, 0.15) is 6.61 Å². The first-order valence-corrected chi connectivity index (χ1v) is 12.5. The molecule has 9 heteroatoms. The lowest BCUT2D eigenvalue weighted by Crippen LogP contribution is -2.57. The minimum Gasteiger partial charge on any atom is -0.485 e. The number of hydrogen-bond donors (Lipinski definition) is 0. The highest BCUT2D eigenvalue weighted by Crippen LogP contribution is 2.31. The Kier molecular flexibility index (Phi) is 6.97. The second-order valence-electron chi connectivity index (χ2n) is 9.45. The largest absolute Gasteiger partial charge is 0.485 e. The maximum absolute atomic E-state index is 12.9. The molecule has 5 rings (SSSR count). The normalized spacial score (nSPS) is 20.1. The Morgan fingerprint density at radius 2 is 1.31 bits per heavy atom. The van der Waals surface area contributed by atoms with E-state index in [1.807, 2.05) is 36.4 Å². The van der Waals surface area contributed by atoms with Crippen LogP contribution in [0.5, 0.6) is 11.5 Å². The summed E-state index contributed by atoms with van der Waals surface area (Å²) in [6, 6.07) is 17.8. The minimum atomic E-state index is -0.709. The van der Waals surface area contributed by atoms with Crippen LogP contribution in [0.1, 0.15) is 12.8 Å². The highest BCUT2D eigenvalue weighted by molar-refractivity contribution is 6.35. The zero-order valence-electron chi connectivity index (χ0n) is 20.5. The van der Waals surface area contributed by atoms with Crippen molar-refractivity contribution >= 4 is 23.4 Å². The van der Waals surface area contributed by atoms with Crippen LogP contribution < -0.4 is 14.4 Å². The average molecular weight is 493 g/mol. The number of nitrogens with zero attached hydrogens (tertiary/aromatic N) is 4. The molecule has 190 valence electrons. The molecule has 36 heavy (non-hydrogen) atoms. The first kappa shape index (κ1) is 24.0. The average Bonchev–Trinajstić information content (AvgIpc) is 2.96. The molecule has 0 radical (unpaired) electrons. The quantitative estimate of drug-likeness (QED) is 0.606. The Balaban J connectivity index is 1.09. The van der Waals surface area contributed by atoms with Crippen LogP contribution in [-0.4, -0.2) is 97.5 Å². The van der Waals surface area contributed by atoms with Crippen molar-refractivity contribution in [1.82, 2.24) is 14.7 Å². The summed E-state index contributed by atoms with van der Waals surface area (Å²) < 4.78 is 11.5. The Bertz CT molecular complexity index is 1090. The molecule has 2 fully saturated rings. The van der Waals surface area contributed by atoms with E-state index in [2.05, 4.69) is 24.1 Å². The number of benzene rings is 2. The van der Waals surface area contributed by atoms with E-state index < -0.39 is 17.9 Å². The molecular weight excluding hydrogens is 460 g/mol. The fraction of sp³-hybridized carbons (Fsp3) is 0.444. The number of piperidine rings is 1. The van der Waals surface area contributed by atoms with E-state index in [0.29, 0.717) is 56.8 Å². The van der Waals surface area contributed by atoms with Gasteiger partial charge in [0.05, 0.1) is 0 Å². The fourth-order valence-corrected chi connectivity index (χ4v) is 5.08. The van der Waals surface area contributed by atoms with Crippen molar-refractivity contribution in [3.8, 4) is 11.5 Å². The van der Waals surface area contributed by atoms with Gasteiger partial charge in [-0.15, -0.1) is 0 Å². The highest BCUT2D eigenvalue weighted by Gasteiger charge is 2.36. The van der Waals surface area contributed by atoms with Gasteiger partial charge in [-0.3, -0.25) is 14.4 Å². The second kappa shape index (κ2) is 10.5. The van der Waals surface area contributed by atoms with Crippen molar-refractivity contribution in [3.05, 3.63) is 54.6 Å². The maximum Gasteiger partial charge on any atom is 0.312 e. The van der Waals surface area contributed by atoms with Crippen LogP contribution in [0.15, 0.2) is 54.6 Å². The molecule has 3 amide bonds. The van der Waals surface area contributed by atoms with Gasteiger partial charge in [0.15, 0.2) is 11.5 Å². The first-order valence-electron chi connectivity index (χ1n) is 12.5. The number of likely N-dealkylation sites (tertiary alicyclic amines) is 1. The molecular formula is C27H32N4O5. The Labute approximate surface area is 211 Å². The van der Waals surface area contributed by atoms with Crippen LogP contribution in [0.3, 0.4) is 0 Å². The smallest absolute Gasteiger partial charge is 0.312 e. The molecule has 9 nitrogen and oxygen atoms in total. The topological polar surface area (TPSA) is 82.6 Å². The molecule has 3 aliphatic heterocycles. The van der Waals surface area contributed by atoms with Crippen molar-refractivity contribution < 1.29 is 23.9 Å². The van der Waals surface area contributed by atoms with Gasteiger partial charge in [-0.1, -0.05) is 30.3 Å². The molecule has 0 spiro atoms. The van der Waals surface area contributed by atoms with Crippen molar-refractivity contribution in [1.29, 1.82) is 0 Å². The van der Waals surface area contributed by atoms with Crippen LogP contribution in [0.25, 0.3) is 0 Å². The van der Waals surface area contributed by atoms with Gasteiger partial charge in [0, 0.05) is 58.0 Å². The molecule has 2 aromatic carbocycles. The summed E-state index contributed by atoms with van der Waals surface area (Å²) >= 11 is 0. The van der Waals surface area contributed by atoms with Crippen molar-refractivity contribution in [2.45, 2.75) is 25.0 Å². The maximum atomic E-state index is 12.9. The summed E-state index contributed by atoms with van der Waals surface area (Å²) in [5, 5.41) is 0. The third-order valence-electron chi connectivity index (χ3n) is 7.31. The molecule has 3 heterocycles. The lowest BCUT2D eigenvalue weighted by Gasteiger charge is -2.39. The number of hydrogen-bond acceptors (Lipinski definition) is 6. The lowest BCUT2D eigenvalue weighted by molar-refractivity contribution is -0.155. The van der Waals surface area contributed by atoms with Gasteiger partial charge in [-0.2, -0.15) is 0 Å². The first-order chi connectivity index (χ1) is 17.5. The molecule has 0 saturated carbocycles. The number of piperazine rings is 1. The molecule has 0 aromatic heterocycles. The molecule has 1 atom stereocenters. The molecule has 0 aliphatic carbocycles. The molecule has 0 bridgehead atoms. The number of carbonyl (C=O) groups is 3. The minimum absolute atomic E-state index is 0.156. The van der Waals surface area contributed by atoms with E-state index in [9.17, 15) is 14.4 Å². The van der Waals surface area contributed by atoms with Crippen LogP contribution in [0.4, 0.5) is 5.69 Å².